The molecule has 2 heterocycles. The highest BCUT2D eigenvalue weighted by atomic mass is 32.2. The van der Waals surface area contributed by atoms with Crippen LogP contribution in [0.15, 0.2) is 30.3 Å². The summed E-state index contributed by atoms with van der Waals surface area (Å²) < 4.78 is 0.762. The maximum atomic E-state index is 5.54. The van der Waals surface area contributed by atoms with Gasteiger partial charge in [0.25, 0.3) is 0 Å². The Morgan fingerprint density at radius 1 is 0.955 bits per heavy atom. The Hall–Kier alpha value is -0.390. The molecule has 1 aromatic rings. The Morgan fingerprint density at radius 3 is 2.45 bits per heavy atom. The molecule has 2 saturated heterocycles. The molecule has 5 heteroatoms. The molecule has 2 N–H and O–H groups in total. The second-order valence-corrected chi connectivity index (χ2v) is 9.61. The maximum absolute atomic E-state index is 5.54. The molecule has 0 spiro atoms. The van der Waals surface area contributed by atoms with E-state index in [9.17, 15) is 0 Å². The minimum atomic E-state index is 0.374. The molecular weight excluding hydrogens is 328 g/mol. The van der Waals surface area contributed by atoms with Crippen molar-refractivity contribution in [2.75, 3.05) is 11.5 Å². The highest BCUT2D eigenvalue weighted by Gasteiger charge is 2.45. The lowest BCUT2D eigenvalue weighted by atomic mass is 9.71. The first-order valence-corrected chi connectivity index (χ1v) is 10.7. The molecule has 1 saturated carbocycles. The number of fused-ring (bicyclic) bond motifs is 1. The van der Waals surface area contributed by atoms with E-state index in [0.717, 1.165) is 15.6 Å². The van der Waals surface area contributed by atoms with Gasteiger partial charge < -0.3 is 10.6 Å². The SMILES string of the molecule is S=C1NC(c2ccccc2)C2CCCC(C3SCCS3)C2N1. The number of benzene rings is 1. The third-order valence-electron chi connectivity index (χ3n) is 5.17. The van der Waals surface area contributed by atoms with Gasteiger partial charge in [0.2, 0.25) is 0 Å². The zero-order valence-electron chi connectivity index (χ0n) is 12.5. The van der Waals surface area contributed by atoms with E-state index < -0.39 is 0 Å². The first-order chi connectivity index (χ1) is 10.8. The highest BCUT2D eigenvalue weighted by molar-refractivity contribution is 8.20. The fraction of sp³-hybridized carbons (Fsp3) is 0.588. The fourth-order valence-corrected chi connectivity index (χ4v) is 7.78. The van der Waals surface area contributed by atoms with E-state index in [1.54, 1.807) is 0 Å². The number of thioether (sulfide) groups is 2. The van der Waals surface area contributed by atoms with Crippen molar-refractivity contribution in [3.05, 3.63) is 35.9 Å². The first-order valence-electron chi connectivity index (χ1n) is 8.18. The molecule has 1 aromatic carbocycles. The second-order valence-electron chi connectivity index (χ2n) is 6.40. The summed E-state index contributed by atoms with van der Waals surface area (Å²) in [6.07, 6.45) is 4.00. The van der Waals surface area contributed by atoms with Crippen molar-refractivity contribution in [1.29, 1.82) is 0 Å². The third-order valence-corrected chi connectivity index (χ3v) is 8.71. The summed E-state index contributed by atoms with van der Waals surface area (Å²) in [4.78, 5) is 0. The summed E-state index contributed by atoms with van der Waals surface area (Å²) in [5, 5.41) is 8.03. The molecule has 4 atom stereocenters. The quantitative estimate of drug-likeness (QED) is 0.791. The van der Waals surface area contributed by atoms with Gasteiger partial charge in [-0.1, -0.05) is 36.8 Å². The van der Waals surface area contributed by atoms with Crippen LogP contribution in [-0.2, 0) is 0 Å². The normalized spacial score (nSPS) is 35.5. The Balaban J connectivity index is 1.61. The summed E-state index contributed by atoms with van der Waals surface area (Å²) in [6.45, 7) is 0. The van der Waals surface area contributed by atoms with Crippen LogP contribution in [0.2, 0.25) is 0 Å². The minimum absolute atomic E-state index is 0.374. The molecule has 0 aromatic heterocycles. The first kappa shape index (κ1) is 15.2. The molecule has 1 aliphatic carbocycles. The van der Waals surface area contributed by atoms with Crippen LogP contribution in [0.1, 0.15) is 30.9 Å². The summed E-state index contributed by atoms with van der Waals surface area (Å²) >= 11 is 9.87. The van der Waals surface area contributed by atoms with Gasteiger partial charge in [0.1, 0.15) is 0 Å². The van der Waals surface area contributed by atoms with Gasteiger partial charge in [0.15, 0.2) is 5.11 Å². The summed E-state index contributed by atoms with van der Waals surface area (Å²) in [7, 11) is 0. The van der Waals surface area contributed by atoms with Gasteiger partial charge in [0, 0.05) is 29.4 Å². The topological polar surface area (TPSA) is 24.1 Å². The van der Waals surface area contributed by atoms with Crippen LogP contribution in [0.25, 0.3) is 0 Å². The van der Waals surface area contributed by atoms with E-state index in [1.165, 1.54) is 36.3 Å². The minimum Gasteiger partial charge on any atom is -0.359 e. The lowest BCUT2D eigenvalue weighted by Gasteiger charge is -2.48. The van der Waals surface area contributed by atoms with Crippen molar-refractivity contribution in [2.45, 2.75) is 35.9 Å². The van der Waals surface area contributed by atoms with Gasteiger partial charge >= 0.3 is 0 Å². The van der Waals surface area contributed by atoms with Crippen LogP contribution in [-0.4, -0.2) is 27.2 Å². The van der Waals surface area contributed by atoms with E-state index in [2.05, 4.69) is 64.5 Å². The monoisotopic (exact) mass is 350 g/mol. The molecular formula is C17H22N2S3. The number of hydrogen-bond acceptors (Lipinski definition) is 3. The van der Waals surface area contributed by atoms with Gasteiger partial charge in [-0.3, -0.25) is 0 Å². The van der Waals surface area contributed by atoms with E-state index in [1.807, 2.05) is 0 Å². The maximum Gasteiger partial charge on any atom is 0.167 e. The predicted molar refractivity (Wildman–Crippen MR) is 101 cm³/mol. The molecule has 118 valence electrons. The molecule has 3 fully saturated rings. The van der Waals surface area contributed by atoms with Crippen molar-refractivity contribution in [1.82, 2.24) is 10.6 Å². The molecule has 3 aliphatic rings. The average Bonchev–Trinajstić information content (AvgIpc) is 3.08. The standard InChI is InChI=1S/C17H22N2S3/c20-17-18-14(11-5-2-1-3-6-11)12-7-4-8-13(15(12)19-17)16-21-9-10-22-16/h1-3,5-6,12-16H,4,7-10H2,(H2,18,19,20). The van der Waals surface area contributed by atoms with E-state index in [-0.39, 0.29) is 0 Å². The number of hydrogen-bond donors (Lipinski definition) is 2. The van der Waals surface area contributed by atoms with Crippen LogP contribution in [0.4, 0.5) is 0 Å². The van der Waals surface area contributed by atoms with Crippen molar-refractivity contribution < 1.29 is 0 Å². The highest BCUT2D eigenvalue weighted by Crippen LogP contribution is 2.47. The Morgan fingerprint density at radius 2 is 1.68 bits per heavy atom. The average molecular weight is 351 g/mol. The van der Waals surface area contributed by atoms with Gasteiger partial charge in [-0.2, -0.15) is 0 Å². The second kappa shape index (κ2) is 6.62. The molecule has 22 heavy (non-hydrogen) atoms. The van der Waals surface area contributed by atoms with Gasteiger partial charge in [-0.25, -0.2) is 0 Å². The zero-order valence-corrected chi connectivity index (χ0v) is 15.0. The third kappa shape index (κ3) is 2.87. The summed E-state index contributed by atoms with van der Waals surface area (Å²) in [6, 6.07) is 11.8. The van der Waals surface area contributed by atoms with Gasteiger partial charge in [-0.05, 0) is 30.6 Å². The Labute approximate surface area is 146 Å². The molecule has 0 amide bonds. The number of thiocarbonyl (C=S) groups is 1. The molecule has 0 bridgehead atoms. The van der Waals surface area contributed by atoms with Crippen molar-refractivity contribution in [3.63, 3.8) is 0 Å². The number of nitrogens with one attached hydrogen (secondary N) is 2. The van der Waals surface area contributed by atoms with Crippen LogP contribution < -0.4 is 10.6 Å². The van der Waals surface area contributed by atoms with E-state index in [4.69, 9.17) is 12.2 Å². The summed E-state index contributed by atoms with van der Waals surface area (Å²) in [5.74, 6) is 4.03. The molecule has 2 nitrogen and oxygen atoms in total. The van der Waals surface area contributed by atoms with Crippen LogP contribution in [0.5, 0.6) is 0 Å². The number of rotatable bonds is 2. The summed E-state index contributed by atoms with van der Waals surface area (Å²) in [5.41, 5.74) is 1.38. The predicted octanol–water partition coefficient (Wildman–Crippen LogP) is 3.80. The van der Waals surface area contributed by atoms with Gasteiger partial charge in [0.05, 0.1) is 10.6 Å². The molecule has 2 aliphatic heterocycles. The molecule has 4 rings (SSSR count). The fourth-order valence-electron chi connectivity index (χ4n) is 4.22. The van der Waals surface area contributed by atoms with E-state index >= 15 is 0 Å². The van der Waals surface area contributed by atoms with Crippen LogP contribution >= 0.6 is 35.7 Å². The molecule has 0 radical (unpaired) electrons. The van der Waals surface area contributed by atoms with Crippen molar-refractivity contribution in [3.8, 4) is 0 Å². The lowest BCUT2D eigenvalue weighted by Crippen LogP contribution is -2.61. The van der Waals surface area contributed by atoms with E-state index in [0.29, 0.717) is 18.0 Å². The van der Waals surface area contributed by atoms with Crippen molar-refractivity contribution >= 4 is 40.9 Å². The Bertz CT molecular complexity index is 530. The Kier molecular flexibility index (Phi) is 4.56. The zero-order chi connectivity index (χ0) is 14.9. The molecule has 4 unspecified atom stereocenters. The smallest absolute Gasteiger partial charge is 0.167 e. The van der Waals surface area contributed by atoms with Crippen LogP contribution in [0, 0.1) is 11.8 Å². The lowest BCUT2D eigenvalue weighted by molar-refractivity contribution is 0.161. The largest absolute Gasteiger partial charge is 0.359 e. The van der Waals surface area contributed by atoms with Crippen molar-refractivity contribution in [2.24, 2.45) is 11.8 Å². The van der Waals surface area contributed by atoms with Crippen LogP contribution in [0.3, 0.4) is 0 Å². The van der Waals surface area contributed by atoms with Gasteiger partial charge in [-0.15, -0.1) is 23.5 Å².